The fourth-order valence-corrected chi connectivity index (χ4v) is 4.40. The molecule has 10 nitrogen and oxygen atoms in total. The predicted molar refractivity (Wildman–Crippen MR) is 126 cm³/mol. The van der Waals surface area contributed by atoms with Gasteiger partial charge in [0.1, 0.15) is 23.9 Å². The minimum Gasteiger partial charge on any atom is -0.467 e. The van der Waals surface area contributed by atoms with Gasteiger partial charge in [0.25, 0.3) is 11.8 Å². The van der Waals surface area contributed by atoms with E-state index in [4.69, 9.17) is 8.83 Å². The summed E-state index contributed by atoms with van der Waals surface area (Å²) in [5, 5.41) is 15.1. The molecule has 0 aliphatic heterocycles. The zero-order chi connectivity index (χ0) is 25.1. The lowest BCUT2D eigenvalue weighted by Crippen LogP contribution is -2.47. The second kappa shape index (κ2) is 10.1. The first-order valence-electron chi connectivity index (χ1n) is 11.7. The average Bonchev–Trinajstić information content (AvgIpc) is 3.66. The molecule has 4 aromatic rings. The Morgan fingerprint density at radius 3 is 2.67 bits per heavy atom. The van der Waals surface area contributed by atoms with Crippen LogP contribution in [0.3, 0.4) is 0 Å². The number of aryl methyl sites for hydroxylation is 1. The van der Waals surface area contributed by atoms with Crippen molar-refractivity contribution in [2.75, 3.05) is 4.90 Å². The lowest BCUT2D eigenvalue weighted by Gasteiger charge is -2.30. The molecule has 186 valence electrons. The Bertz CT molecular complexity index is 1340. The number of aromatic nitrogens is 4. The van der Waals surface area contributed by atoms with Gasteiger partial charge in [-0.3, -0.25) is 14.5 Å². The van der Waals surface area contributed by atoms with Crippen LogP contribution < -0.4 is 10.2 Å². The van der Waals surface area contributed by atoms with Gasteiger partial charge in [-0.05, 0) is 61.4 Å². The number of para-hydroxylation sites is 1. The molecule has 0 radical (unpaired) electrons. The summed E-state index contributed by atoms with van der Waals surface area (Å²) in [7, 11) is 0. The molecule has 1 N–H and O–H groups in total. The molecule has 36 heavy (non-hydrogen) atoms. The number of tetrazole rings is 1. The van der Waals surface area contributed by atoms with Crippen molar-refractivity contribution in [3.63, 3.8) is 0 Å². The third kappa shape index (κ3) is 4.90. The van der Waals surface area contributed by atoms with Crippen LogP contribution in [0.15, 0.2) is 63.6 Å². The van der Waals surface area contributed by atoms with Gasteiger partial charge in [0, 0.05) is 6.04 Å². The Morgan fingerprint density at radius 1 is 1.17 bits per heavy atom. The standard InChI is InChI=1S/C25H25FN6O4/c1-16-12-13-21(36-16)24-28-30-31(29-24)15-22(33)32(19-10-5-4-9-18(19)26)23(20-11-6-14-35-20)25(34)27-17-7-2-3-8-17/h4-6,9-14,17,23H,2-3,7-8,15H2,1H3,(H,27,34)/t23-/m1/s1. The molecule has 3 aromatic heterocycles. The minimum atomic E-state index is -1.24. The lowest BCUT2D eigenvalue weighted by atomic mass is 10.1. The topological polar surface area (TPSA) is 119 Å². The first-order valence-corrected chi connectivity index (χ1v) is 11.7. The fraction of sp³-hybridized carbons (Fsp3) is 0.320. The molecule has 0 unspecified atom stereocenters. The van der Waals surface area contributed by atoms with E-state index < -0.39 is 30.2 Å². The summed E-state index contributed by atoms with van der Waals surface area (Å²) in [6, 6.07) is 11.2. The highest BCUT2D eigenvalue weighted by molar-refractivity contribution is 6.01. The molecule has 1 atom stereocenters. The smallest absolute Gasteiger partial charge is 0.251 e. The van der Waals surface area contributed by atoms with Crippen molar-refractivity contribution >= 4 is 17.5 Å². The van der Waals surface area contributed by atoms with Crippen molar-refractivity contribution in [1.82, 2.24) is 25.5 Å². The summed E-state index contributed by atoms with van der Waals surface area (Å²) in [6.45, 7) is 1.39. The van der Waals surface area contributed by atoms with Crippen LogP contribution in [-0.2, 0) is 16.1 Å². The fourth-order valence-electron chi connectivity index (χ4n) is 4.40. The summed E-state index contributed by atoms with van der Waals surface area (Å²) in [6.07, 6.45) is 5.14. The van der Waals surface area contributed by atoms with Crippen LogP contribution in [0.25, 0.3) is 11.6 Å². The number of hydrogen-bond acceptors (Lipinski definition) is 7. The van der Waals surface area contributed by atoms with Gasteiger partial charge in [0.15, 0.2) is 11.8 Å². The van der Waals surface area contributed by atoms with Crippen molar-refractivity contribution in [1.29, 1.82) is 0 Å². The monoisotopic (exact) mass is 492 g/mol. The molecule has 1 aliphatic carbocycles. The minimum absolute atomic E-state index is 0.0103. The zero-order valence-electron chi connectivity index (χ0n) is 19.6. The van der Waals surface area contributed by atoms with E-state index in [-0.39, 0.29) is 23.3 Å². The highest BCUT2D eigenvalue weighted by Crippen LogP contribution is 2.31. The molecule has 2 amide bonds. The van der Waals surface area contributed by atoms with E-state index in [0.29, 0.717) is 11.5 Å². The van der Waals surface area contributed by atoms with E-state index in [0.717, 1.165) is 35.4 Å². The van der Waals surface area contributed by atoms with Crippen LogP contribution in [-0.4, -0.2) is 38.1 Å². The summed E-state index contributed by atoms with van der Waals surface area (Å²) in [4.78, 5) is 29.4. The van der Waals surface area contributed by atoms with Crippen LogP contribution in [0.1, 0.15) is 43.2 Å². The zero-order valence-corrected chi connectivity index (χ0v) is 19.6. The van der Waals surface area contributed by atoms with Gasteiger partial charge in [0.2, 0.25) is 5.82 Å². The number of nitrogens with zero attached hydrogens (tertiary/aromatic N) is 5. The highest BCUT2D eigenvalue weighted by atomic mass is 19.1. The number of halogens is 1. The van der Waals surface area contributed by atoms with E-state index in [1.165, 1.54) is 24.5 Å². The van der Waals surface area contributed by atoms with Gasteiger partial charge in [0.05, 0.1) is 12.0 Å². The molecule has 1 fully saturated rings. The number of anilines is 1. The molecular weight excluding hydrogens is 467 g/mol. The van der Waals surface area contributed by atoms with Crippen molar-refractivity contribution in [3.8, 4) is 11.6 Å². The van der Waals surface area contributed by atoms with E-state index in [2.05, 4.69) is 20.7 Å². The van der Waals surface area contributed by atoms with Crippen molar-refractivity contribution in [2.45, 2.75) is 51.2 Å². The molecule has 0 saturated heterocycles. The van der Waals surface area contributed by atoms with E-state index in [9.17, 15) is 9.59 Å². The first-order chi connectivity index (χ1) is 17.5. The third-order valence-electron chi connectivity index (χ3n) is 6.09. The summed E-state index contributed by atoms with van der Waals surface area (Å²) in [5.41, 5.74) is -0.0625. The predicted octanol–water partition coefficient (Wildman–Crippen LogP) is 3.81. The molecule has 1 aliphatic rings. The Balaban J connectivity index is 1.48. The quantitative estimate of drug-likeness (QED) is 0.397. The summed E-state index contributed by atoms with van der Waals surface area (Å²) in [5.74, 6) is -0.238. The maximum absolute atomic E-state index is 15.0. The Hall–Kier alpha value is -4.28. The number of benzene rings is 1. The lowest BCUT2D eigenvalue weighted by molar-refractivity contribution is -0.128. The first kappa shape index (κ1) is 23.5. The number of rotatable bonds is 8. The number of furan rings is 2. The Labute approximate surface area is 206 Å². The Kier molecular flexibility index (Phi) is 6.61. The number of hydrogen-bond donors (Lipinski definition) is 1. The molecule has 0 spiro atoms. The molecule has 3 heterocycles. The van der Waals surface area contributed by atoms with Crippen molar-refractivity contribution in [2.24, 2.45) is 0 Å². The van der Waals surface area contributed by atoms with Gasteiger partial charge in [-0.2, -0.15) is 4.80 Å². The Morgan fingerprint density at radius 2 is 1.97 bits per heavy atom. The van der Waals surface area contributed by atoms with E-state index in [1.54, 1.807) is 37.3 Å². The van der Waals surface area contributed by atoms with Crippen LogP contribution in [0.5, 0.6) is 0 Å². The average molecular weight is 493 g/mol. The second-order valence-corrected chi connectivity index (χ2v) is 8.68. The normalized spacial score (nSPS) is 14.6. The maximum Gasteiger partial charge on any atom is 0.251 e. The SMILES string of the molecule is Cc1ccc(-c2nnn(CC(=O)N(c3ccccc3F)[C@@H](C(=O)NC3CCCC3)c3ccco3)n2)o1. The summed E-state index contributed by atoms with van der Waals surface area (Å²) >= 11 is 0. The maximum atomic E-state index is 15.0. The number of amides is 2. The number of carbonyl (C=O) groups is 2. The van der Waals surface area contributed by atoms with E-state index in [1.807, 2.05) is 0 Å². The molecule has 0 bridgehead atoms. The van der Waals surface area contributed by atoms with Crippen LogP contribution in [0.2, 0.25) is 0 Å². The van der Waals surface area contributed by atoms with Gasteiger partial charge < -0.3 is 14.2 Å². The molecule has 1 saturated carbocycles. The molecular formula is C25H25FN6O4. The van der Waals surface area contributed by atoms with Crippen LogP contribution in [0, 0.1) is 12.7 Å². The van der Waals surface area contributed by atoms with Crippen LogP contribution in [0.4, 0.5) is 10.1 Å². The van der Waals surface area contributed by atoms with Crippen molar-refractivity contribution < 1.29 is 22.8 Å². The van der Waals surface area contributed by atoms with E-state index >= 15 is 4.39 Å². The number of nitrogens with one attached hydrogen (secondary N) is 1. The number of carbonyl (C=O) groups excluding carboxylic acids is 2. The largest absolute Gasteiger partial charge is 0.467 e. The van der Waals surface area contributed by atoms with Gasteiger partial charge in [-0.25, -0.2) is 4.39 Å². The summed E-state index contributed by atoms with van der Waals surface area (Å²) < 4.78 is 26.1. The highest BCUT2D eigenvalue weighted by Gasteiger charge is 2.37. The van der Waals surface area contributed by atoms with Gasteiger partial charge in [-0.1, -0.05) is 25.0 Å². The molecule has 5 rings (SSSR count). The molecule has 1 aromatic carbocycles. The van der Waals surface area contributed by atoms with Crippen LogP contribution >= 0.6 is 0 Å². The van der Waals surface area contributed by atoms with Crippen molar-refractivity contribution in [3.05, 3.63) is 72.1 Å². The van der Waals surface area contributed by atoms with Gasteiger partial charge in [-0.15, -0.1) is 10.2 Å². The van der Waals surface area contributed by atoms with Gasteiger partial charge >= 0.3 is 0 Å². The third-order valence-corrected chi connectivity index (χ3v) is 6.09. The molecule has 11 heteroatoms. The second-order valence-electron chi connectivity index (χ2n) is 8.68.